The lowest BCUT2D eigenvalue weighted by atomic mass is 10.0. The third-order valence-electron chi connectivity index (χ3n) is 10.1. The summed E-state index contributed by atoms with van der Waals surface area (Å²) in [6.07, 6.45) is 45.0. The van der Waals surface area contributed by atoms with E-state index in [4.69, 9.17) is 0 Å². The SMILES string of the molecule is CCCCCCCCCCCCCCCCCCCCCCC/C=C/C(O)C(CO)NC(=O)CC(O)CCCCCCCCCCCC. The lowest BCUT2D eigenvalue weighted by Gasteiger charge is -2.21. The molecule has 0 heterocycles. The van der Waals surface area contributed by atoms with E-state index in [1.54, 1.807) is 6.08 Å². The summed E-state index contributed by atoms with van der Waals surface area (Å²) in [5, 5.41) is 33.1. The number of amides is 1. The number of aliphatic hydroxyl groups excluding tert-OH is 3. The standard InChI is InChI=1S/C43H85NO4/c1-3-5-7-9-11-13-15-16-17-18-19-20-21-22-23-24-25-26-27-29-31-33-35-37-42(47)41(39-45)44-43(48)38-40(46)36-34-32-30-28-14-12-10-8-6-4-2/h35,37,40-42,45-47H,3-34,36,38-39H2,1-2H3,(H,44,48)/b37-35+. The van der Waals surface area contributed by atoms with Gasteiger partial charge in [-0.2, -0.15) is 0 Å². The largest absolute Gasteiger partial charge is 0.394 e. The number of aliphatic hydroxyl groups is 3. The molecule has 286 valence electrons. The van der Waals surface area contributed by atoms with E-state index in [1.165, 1.54) is 180 Å². The van der Waals surface area contributed by atoms with Crippen molar-refractivity contribution < 1.29 is 20.1 Å². The van der Waals surface area contributed by atoms with Crippen LogP contribution in [0.5, 0.6) is 0 Å². The zero-order chi connectivity index (χ0) is 35.2. The van der Waals surface area contributed by atoms with Gasteiger partial charge in [0.25, 0.3) is 0 Å². The third kappa shape index (κ3) is 34.9. The van der Waals surface area contributed by atoms with E-state index in [2.05, 4.69) is 19.2 Å². The maximum absolute atomic E-state index is 12.4. The Morgan fingerprint density at radius 3 is 1.21 bits per heavy atom. The molecule has 0 aliphatic carbocycles. The van der Waals surface area contributed by atoms with Crippen LogP contribution in [0.25, 0.3) is 0 Å². The van der Waals surface area contributed by atoms with Gasteiger partial charge in [-0.3, -0.25) is 4.79 Å². The summed E-state index contributed by atoms with van der Waals surface area (Å²) in [6.45, 7) is 4.21. The summed E-state index contributed by atoms with van der Waals surface area (Å²) in [5.41, 5.74) is 0. The molecule has 0 aliphatic heterocycles. The highest BCUT2D eigenvalue weighted by molar-refractivity contribution is 5.76. The molecule has 3 atom stereocenters. The second-order valence-electron chi connectivity index (χ2n) is 15.0. The molecule has 5 heteroatoms. The molecule has 0 rings (SSSR count). The van der Waals surface area contributed by atoms with E-state index in [9.17, 15) is 20.1 Å². The molecule has 3 unspecified atom stereocenters. The molecule has 0 fully saturated rings. The van der Waals surface area contributed by atoms with Crippen molar-refractivity contribution in [1.29, 1.82) is 0 Å². The van der Waals surface area contributed by atoms with E-state index in [0.717, 1.165) is 25.7 Å². The number of hydrogen-bond acceptors (Lipinski definition) is 4. The Balaban J connectivity index is 3.60. The van der Waals surface area contributed by atoms with Crippen molar-refractivity contribution in [1.82, 2.24) is 5.32 Å². The second-order valence-corrected chi connectivity index (χ2v) is 15.0. The average molecular weight is 680 g/mol. The fraction of sp³-hybridized carbons (Fsp3) is 0.930. The van der Waals surface area contributed by atoms with Gasteiger partial charge in [0.2, 0.25) is 5.91 Å². The lowest BCUT2D eigenvalue weighted by Crippen LogP contribution is -2.45. The van der Waals surface area contributed by atoms with Gasteiger partial charge in [0.05, 0.1) is 31.3 Å². The van der Waals surface area contributed by atoms with Crippen molar-refractivity contribution in [2.24, 2.45) is 0 Å². The van der Waals surface area contributed by atoms with Crippen LogP contribution in [0.3, 0.4) is 0 Å². The molecule has 1 amide bonds. The van der Waals surface area contributed by atoms with Gasteiger partial charge >= 0.3 is 0 Å². The number of hydrogen-bond donors (Lipinski definition) is 4. The van der Waals surface area contributed by atoms with Gasteiger partial charge in [0.15, 0.2) is 0 Å². The van der Waals surface area contributed by atoms with Crippen LogP contribution >= 0.6 is 0 Å². The summed E-state index contributed by atoms with van der Waals surface area (Å²) in [6, 6.07) is -0.738. The molecule has 0 bridgehead atoms. The molecule has 0 aromatic carbocycles. The minimum absolute atomic E-state index is 0.0177. The van der Waals surface area contributed by atoms with Crippen LogP contribution in [0.4, 0.5) is 0 Å². The van der Waals surface area contributed by atoms with Crippen LogP contribution in [0.1, 0.15) is 232 Å². The van der Waals surface area contributed by atoms with Crippen LogP contribution in [-0.2, 0) is 4.79 Å². The second kappa shape index (κ2) is 38.9. The first kappa shape index (κ1) is 47.1. The predicted molar refractivity (Wildman–Crippen MR) is 208 cm³/mol. The molecular weight excluding hydrogens is 594 g/mol. The average Bonchev–Trinajstić information content (AvgIpc) is 3.08. The normalized spacial score (nSPS) is 13.7. The van der Waals surface area contributed by atoms with Gasteiger partial charge in [-0.05, 0) is 19.3 Å². The molecular formula is C43H85NO4. The molecule has 4 N–H and O–H groups in total. The highest BCUT2D eigenvalue weighted by Crippen LogP contribution is 2.16. The first-order chi connectivity index (χ1) is 23.5. The van der Waals surface area contributed by atoms with Gasteiger partial charge in [-0.15, -0.1) is 0 Å². The third-order valence-corrected chi connectivity index (χ3v) is 10.1. The maximum Gasteiger partial charge on any atom is 0.222 e. The molecule has 5 nitrogen and oxygen atoms in total. The van der Waals surface area contributed by atoms with E-state index in [0.29, 0.717) is 6.42 Å². The summed E-state index contributed by atoms with van der Waals surface area (Å²) >= 11 is 0. The Morgan fingerprint density at radius 1 is 0.521 bits per heavy atom. The Bertz CT molecular complexity index is 669. The van der Waals surface area contributed by atoms with Gasteiger partial charge in [-0.25, -0.2) is 0 Å². The number of nitrogens with one attached hydrogen (secondary N) is 1. The number of allylic oxidation sites excluding steroid dienone is 1. The van der Waals surface area contributed by atoms with Gasteiger partial charge in [-0.1, -0.05) is 219 Å². The first-order valence-corrected chi connectivity index (χ1v) is 21.5. The van der Waals surface area contributed by atoms with Crippen LogP contribution in [0.15, 0.2) is 12.2 Å². The summed E-state index contributed by atoms with van der Waals surface area (Å²) in [5.74, 6) is -0.314. The Labute approximate surface area is 299 Å². The highest BCUT2D eigenvalue weighted by atomic mass is 16.3. The molecule has 0 aromatic heterocycles. The molecule has 48 heavy (non-hydrogen) atoms. The maximum atomic E-state index is 12.4. The quantitative estimate of drug-likeness (QED) is 0.0384. The van der Waals surface area contributed by atoms with E-state index < -0.39 is 18.2 Å². The van der Waals surface area contributed by atoms with Gasteiger partial charge in [0.1, 0.15) is 0 Å². The number of carbonyl (C=O) groups is 1. The molecule has 0 spiro atoms. The van der Waals surface area contributed by atoms with Crippen LogP contribution in [0.2, 0.25) is 0 Å². The summed E-state index contributed by atoms with van der Waals surface area (Å²) in [4.78, 5) is 12.4. The monoisotopic (exact) mass is 680 g/mol. The topological polar surface area (TPSA) is 89.8 Å². The number of carbonyl (C=O) groups excluding carboxylic acids is 1. The van der Waals surface area contributed by atoms with Crippen LogP contribution in [0, 0.1) is 0 Å². The van der Waals surface area contributed by atoms with Gasteiger partial charge < -0.3 is 20.6 Å². The number of unbranched alkanes of at least 4 members (excludes halogenated alkanes) is 30. The minimum atomic E-state index is -0.923. The number of rotatable bonds is 39. The van der Waals surface area contributed by atoms with Crippen molar-refractivity contribution in [3.8, 4) is 0 Å². The highest BCUT2D eigenvalue weighted by Gasteiger charge is 2.20. The molecule has 0 saturated carbocycles. The van der Waals surface area contributed by atoms with E-state index in [1.807, 2.05) is 6.08 Å². The van der Waals surface area contributed by atoms with Gasteiger partial charge in [0, 0.05) is 0 Å². The van der Waals surface area contributed by atoms with Crippen molar-refractivity contribution in [2.75, 3.05) is 6.61 Å². The molecule has 0 saturated heterocycles. The van der Waals surface area contributed by atoms with Crippen molar-refractivity contribution in [3.63, 3.8) is 0 Å². The first-order valence-electron chi connectivity index (χ1n) is 21.5. The Morgan fingerprint density at radius 2 is 0.854 bits per heavy atom. The van der Waals surface area contributed by atoms with E-state index >= 15 is 0 Å². The lowest BCUT2D eigenvalue weighted by molar-refractivity contribution is -0.124. The predicted octanol–water partition coefficient (Wildman–Crippen LogP) is 12.0. The summed E-state index contributed by atoms with van der Waals surface area (Å²) < 4.78 is 0. The summed E-state index contributed by atoms with van der Waals surface area (Å²) in [7, 11) is 0. The molecule has 0 aliphatic rings. The fourth-order valence-electron chi connectivity index (χ4n) is 6.75. The Hall–Kier alpha value is -0.910. The Kier molecular flexibility index (Phi) is 38.1. The van der Waals surface area contributed by atoms with Crippen molar-refractivity contribution >= 4 is 5.91 Å². The van der Waals surface area contributed by atoms with Crippen molar-refractivity contribution in [3.05, 3.63) is 12.2 Å². The van der Waals surface area contributed by atoms with Crippen LogP contribution in [-0.4, -0.2) is 46.1 Å². The smallest absolute Gasteiger partial charge is 0.222 e. The zero-order valence-corrected chi connectivity index (χ0v) is 32.4. The van der Waals surface area contributed by atoms with Crippen molar-refractivity contribution in [2.45, 2.75) is 250 Å². The zero-order valence-electron chi connectivity index (χ0n) is 32.4. The fourth-order valence-corrected chi connectivity index (χ4v) is 6.75. The molecule has 0 radical (unpaired) electrons. The van der Waals surface area contributed by atoms with Crippen LogP contribution < -0.4 is 5.32 Å². The van der Waals surface area contributed by atoms with E-state index in [-0.39, 0.29) is 18.9 Å². The minimum Gasteiger partial charge on any atom is -0.394 e. The molecule has 0 aromatic rings.